The van der Waals surface area contributed by atoms with E-state index in [1.54, 1.807) is 0 Å². The normalized spacial score (nSPS) is 11.4. The number of benzene rings is 8. The molecule has 0 aliphatic carbocycles. The summed E-state index contributed by atoms with van der Waals surface area (Å²) >= 11 is 0. The zero-order valence-corrected chi connectivity index (χ0v) is 28.7. The van der Waals surface area contributed by atoms with Crippen molar-refractivity contribution < 1.29 is 8.83 Å². The Balaban J connectivity index is 1.05. The minimum atomic E-state index is 0.585. The Morgan fingerprint density at radius 1 is 0.358 bits per heavy atom. The minimum absolute atomic E-state index is 0.585. The average molecular weight is 681 g/mol. The second kappa shape index (κ2) is 12.9. The van der Waals surface area contributed by atoms with Crippen LogP contribution in [-0.2, 0) is 0 Å². The van der Waals surface area contributed by atoms with Crippen LogP contribution in [-0.4, -0.2) is 4.98 Å². The van der Waals surface area contributed by atoms with E-state index in [9.17, 15) is 0 Å². The van der Waals surface area contributed by atoms with Crippen LogP contribution in [0.4, 0.5) is 17.1 Å². The van der Waals surface area contributed by atoms with Gasteiger partial charge in [-0.3, -0.25) is 0 Å². The number of rotatable bonds is 7. The van der Waals surface area contributed by atoms with Gasteiger partial charge in [0.05, 0.1) is 5.56 Å². The second-order valence-corrected chi connectivity index (χ2v) is 13.2. The number of hydrogen-bond acceptors (Lipinski definition) is 4. The molecule has 0 unspecified atom stereocenters. The summed E-state index contributed by atoms with van der Waals surface area (Å²) in [5.41, 5.74) is 13.9. The van der Waals surface area contributed by atoms with Gasteiger partial charge in [0.2, 0.25) is 5.89 Å². The van der Waals surface area contributed by atoms with Crippen LogP contribution >= 0.6 is 0 Å². The van der Waals surface area contributed by atoms with Crippen LogP contribution in [0.25, 0.3) is 77.9 Å². The summed E-state index contributed by atoms with van der Waals surface area (Å²) in [7, 11) is 0. The number of anilines is 3. The highest BCUT2D eigenvalue weighted by molar-refractivity contribution is 6.16. The molecule has 0 amide bonds. The topological polar surface area (TPSA) is 42.4 Å². The predicted octanol–water partition coefficient (Wildman–Crippen LogP) is 13.9. The van der Waals surface area contributed by atoms with E-state index in [2.05, 4.69) is 138 Å². The van der Waals surface area contributed by atoms with Crippen molar-refractivity contribution in [3.8, 4) is 44.8 Å². The molecule has 8 aromatic carbocycles. The standard InChI is InChI=1S/C49H32N2O2/c1-4-12-33(13-5-1)34-20-22-35(23-21-34)36-24-28-40(29-25-36)51(39-16-8-3-9-17-39)41-30-26-37(27-31-41)46-47-43(42-18-10-11-19-45(42)52-47)32-44-48(46)53-49(50-44)38-14-6-2-7-15-38/h1-32H. The number of furan rings is 1. The number of nitrogens with zero attached hydrogens (tertiary/aromatic N) is 2. The van der Waals surface area contributed by atoms with Crippen molar-refractivity contribution in [2.24, 2.45) is 0 Å². The lowest BCUT2D eigenvalue weighted by molar-refractivity contribution is 0.619. The maximum Gasteiger partial charge on any atom is 0.227 e. The van der Waals surface area contributed by atoms with E-state index in [0.29, 0.717) is 11.5 Å². The summed E-state index contributed by atoms with van der Waals surface area (Å²) in [6.07, 6.45) is 0. The van der Waals surface area contributed by atoms with Gasteiger partial charge in [-0.05, 0) is 88.5 Å². The number of para-hydroxylation sites is 2. The molecule has 2 aromatic heterocycles. The van der Waals surface area contributed by atoms with Gasteiger partial charge in [0.15, 0.2) is 5.58 Å². The van der Waals surface area contributed by atoms with Crippen LogP contribution in [0.15, 0.2) is 203 Å². The van der Waals surface area contributed by atoms with E-state index in [-0.39, 0.29) is 0 Å². The van der Waals surface area contributed by atoms with Gasteiger partial charge < -0.3 is 13.7 Å². The lowest BCUT2D eigenvalue weighted by Crippen LogP contribution is -2.09. The number of aromatic nitrogens is 1. The Morgan fingerprint density at radius 3 is 1.45 bits per heavy atom. The van der Waals surface area contributed by atoms with Gasteiger partial charge >= 0.3 is 0 Å². The van der Waals surface area contributed by atoms with Crippen molar-refractivity contribution in [3.63, 3.8) is 0 Å². The van der Waals surface area contributed by atoms with Crippen LogP contribution < -0.4 is 4.90 Å². The van der Waals surface area contributed by atoms with Crippen LogP contribution in [0.5, 0.6) is 0 Å². The fourth-order valence-electron chi connectivity index (χ4n) is 7.30. The Morgan fingerprint density at radius 2 is 0.830 bits per heavy atom. The second-order valence-electron chi connectivity index (χ2n) is 13.2. The highest BCUT2D eigenvalue weighted by Crippen LogP contribution is 2.44. The first-order valence-corrected chi connectivity index (χ1v) is 17.8. The van der Waals surface area contributed by atoms with Gasteiger partial charge in [-0.15, -0.1) is 0 Å². The molecule has 0 saturated heterocycles. The van der Waals surface area contributed by atoms with Gasteiger partial charge in [0, 0.05) is 33.4 Å². The van der Waals surface area contributed by atoms with Gasteiger partial charge in [0.1, 0.15) is 16.7 Å². The molecule has 250 valence electrons. The first-order valence-electron chi connectivity index (χ1n) is 17.8. The maximum absolute atomic E-state index is 6.56. The Labute approximate surface area is 306 Å². The molecule has 0 bridgehead atoms. The first kappa shape index (κ1) is 30.6. The van der Waals surface area contributed by atoms with Crippen LogP contribution in [0, 0.1) is 0 Å². The van der Waals surface area contributed by atoms with Crippen molar-refractivity contribution in [1.82, 2.24) is 4.98 Å². The molecular weight excluding hydrogens is 649 g/mol. The molecule has 0 aliphatic rings. The summed E-state index contributed by atoms with van der Waals surface area (Å²) < 4.78 is 13.1. The summed E-state index contributed by atoms with van der Waals surface area (Å²) in [4.78, 5) is 7.24. The molecule has 10 aromatic rings. The molecule has 2 heterocycles. The third-order valence-electron chi connectivity index (χ3n) is 9.92. The van der Waals surface area contributed by atoms with Crippen molar-refractivity contribution in [2.75, 3.05) is 4.90 Å². The molecule has 53 heavy (non-hydrogen) atoms. The Bertz CT molecular complexity index is 2840. The molecule has 0 N–H and O–H groups in total. The van der Waals surface area contributed by atoms with Gasteiger partial charge in [-0.25, -0.2) is 4.98 Å². The maximum atomic E-state index is 6.56. The van der Waals surface area contributed by atoms with Crippen molar-refractivity contribution in [3.05, 3.63) is 194 Å². The molecule has 0 atom stereocenters. The molecule has 0 aliphatic heterocycles. The van der Waals surface area contributed by atoms with E-state index >= 15 is 0 Å². The molecular formula is C49H32N2O2. The van der Waals surface area contributed by atoms with E-state index in [0.717, 1.165) is 61.2 Å². The lowest BCUT2D eigenvalue weighted by atomic mass is 9.99. The lowest BCUT2D eigenvalue weighted by Gasteiger charge is -2.26. The monoisotopic (exact) mass is 680 g/mol. The van der Waals surface area contributed by atoms with Crippen LogP contribution in [0.1, 0.15) is 0 Å². The molecule has 0 radical (unpaired) electrons. The molecule has 4 nitrogen and oxygen atoms in total. The average Bonchev–Trinajstić information content (AvgIpc) is 3.83. The molecule has 0 saturated carbocycles. The minimum Gasteiger partial charge on any atom is -0.455 e. The van der Waals surface area contributed by atoms with E-state index in [1.165, 1.54) is 22.3 Å². The van der Waals surface area contributed by atoms with Gasteiger partial charge in [-0.2, -0.15) is 0 Å². The van der Waals surface area contributed by atoms with Crippen molar-refractivity contribution in [2.45, 2.75) is 0 Å². The summed E-state index contributed by atoms with van der Waals surface area (Å²) in [6, 6.07) is 67.4. The number of hydrogen-bond donors (Lipinski definition) is 0. The van der Waals surface area contributed by atoms with E-state index in [1.807, 2.05) is 60.7 Å². The SMILES string of the molecule is c1ccc(-c2ccc(-c3ccc(N(c4ccccc4)c4ccc(-c5c6oc(-c7ccccc7)nc6cc6c5oc5ccccc56)cc4)cc3)cc2)cc1. The van der Waals surface area contributed by atoms with Crippen LogP contribution in [0.3, 0.4) is 0 Å². The third kappa shape index (κ3) is 5.54. The predicted molar refractivity (Wildman–Crippen MR) is 218 cm³/mol. The highest BCUT2D eigenvalue weighted by Gasteiger charge is 2.22. The number of fused-ring (bicyclic) bond motifs is 4. The van der Waals surface area contributed by atoms with E-state index < -0.39 is 0 Å². The van der Waals surface area contributed by atoms with Gasteiger partial charge in [-0.1, -0.05) is 133 Å². The number of oxazole rings is 1. The van der Waals surface area contributed by atoms with Crippen molar-refractivity contribution >= 4 is 50.1 Å². The molecule has 4 heteroatoms. The Kier molecular flexibility index (Phi) is 7.43. The Hall–Kier alpha value is -7.17. The van der Waals surface area contributed by atoms with Gasteiger partial charge in [0.25, 0.3) is 0 Å². The molecule has 0 spiro atoms. The van der Waals surface area contributed by atoms with E-state index in [4.69, 9.17) is 13.8 Å². The zero-order valence-electron chi connectivity index (χ0n) is 28.7. The highest BCUT2D eigenvalue weighted by atomic mass is 16.4. The summed E-state index contributed by atoms with van der Waals surface area (Å²) in [5.74, 6) is 0.585. The summed E-state index contributed by atoms with van der Waals surface area (Å²) in [5, 5.41) is 2.07. The summed E-state index contributed by atoms with van der Waals surface area (Å²) in [6.45, 7) is 0. The van der Waals surface area contributed by atoms with Crippen molar-refractivity contribution in [1.29, 1.82) is 0 Å². The fraction of sp³-hybridized carbons (Fsp3) is 0. The van der Waals surface area contributed by atoms with Crippen LogP contribution in [0.2, 0.25) is 0 Å². The molecule has 10 rings (SSSR count). The first-order chi connectivity index (χ1) is 26.3. The quantitative estimate of drug-likeness (QED) is 0.168. The largest absolute Gasteiger partial charge is 0.455 e. The molecule has 0 fully saturated rings. The smallest absolute Gasteiger partial charge is 0.227 e. The zero-order chi connectivity index (χ0) is 35.1. The fourth-order valence-corrected chi connectivity index (χ4v) is 7.30. The third-order valence-corrected chi connectivity index (χ3v) is 9.92.